The first-order valence-corrected chi connectivity index (χ1v) is 3.71. The van der Waals surface area contributed by atoms with Gasteiger partial charge in [-0.1, -0.05) is 0 Å². The minimum atomic E-state index is -0.301. The van der Waals surface area contributed by atoms with Gasteiger partial charge in [0, 0.05) is 32.0 Å². The van der Waals surface area contributed by atoms with Crippen LogP contribution in [0.4, 0.5) is 4.39 Å². The third kappa shape index (κ3) is 2.35. The zero-order chi connectivity index (χ0) is 8.10. The molecule has 0 aromatic carbocycles. The van der Waals surface area contributed by atoms with Gasteiger partial charge in [-0.05, 0) is 12.1 Å². The van der Waals surface area contributed by atoms with Gasteiger partial charge in [0.15, 0.2) is 0 Å². The highest BCUT2D eigenvalue weighted by atomic mass is 19.1. The summed E-state index contributed by atoms with van der Waals surface area (Å²) in [5.74, 6) is 0. The van der Waals surface area contributed by atoms with Crippen molar-refractivity contribution in [2.75, 3.05) is 13.2 Å². The molecule has 11 heavy (non-hydrogen) atoms. The quantitative estimate of drug-likeness (QED) is 0.645. The molecular formula is C8H13FN2. The molecule has 1 rings (SSSR count). The topological polar surface area (TPSA) is 17.0 Å². The van der Waals surface area contributed by atoms with Crippen molar-refractivity contribution in [2.24, 2.45) is 7.05 Å². The first-order valence-electron chi connectivity index (χ1n) is 3.71. The van der Waals surface area contributed by atoms with Gasteiger partial charge in [0.05, 0.1) is 0 Å². The maximum absolute atomic E-state index is 11.7. The zero-order valence-electron chi connectivity index (χ0n) is 6.68. The van der Waals surface area contributed by atoms with Gasteiger partial charge < -0.3 is 9.88 Å². The Labute approximate surface area is 66.0 Å². The van der Waals surface area contributed by atoms with Crippen LogP contribution in [-0.2, 0) is 13.6 Å². The second-order valence-electron chi connectivity index (χ2n) is 2.48. The van der Waals surface area contributed by atoms with Gasteiger partial charge in [0.2, 0.25) is 0 Å². The van der Waals surface area contributed by atoms with E-state index in [1.54, 1.807) is 0 Å². The smallest absolute Gasteiger partial charge is 0.102 e. The summed E-state index contributed by atoms with van der Waals surface area (Å²) in [6.45, 7) is 0.878. The van der Waals surface area contributed by atoms with E-state index in [0.29, 0.717) is 6.54 Å². The van der Waals surface area contributed by atoms with Crippen LogP contribution in [0.3, 0.4) is 0 Å². The molecule has 0 bridgehead atoms. The Morgan fingerprint density at radius 1 is 1.64 bits per heavy atom. The van der Waals surface area contributed by atoms with E-state index >= 15 is 0 Å². The van der Waals surface area contributed by atoms with Gasteiger partial charge in [-0.25, -0.2) is 4.39 Å². The summed E-state index contributed by atoms with van der Waals surface area (Å²) >= 11 is 0. The summed E-state index contributed by atoms with van der Waals surface area (Å²) in [6.07, 6.45) is 1.98. The van der Waals surface area contributed by atoms with Crippen molar-refractivity contribution >= 4 is 0 Å². The molecule has 2 nitrogen and oxygen atoms in total. The molecule has 0 radical (unpaired) electrons. The highest BCUT2D eigenvalue weighted by Crippen LogP contribution is 1.97. The molecule has 0 spiro atoms. The van der Waals surface area contributed by atoms with Crippen LogP contribution >= 0.6 is 0 Å². The maximum Gasteiger partial charge on any atom is 0.102 e. The van der Waals surface area contributed by atoms with Crippen LogP contribution < -0.4 is 5.32 Å². The van der Waals surface area contributed by atoms with E-state index in [2.05, 4.69) is 5.32 Å². The van der Waals surface area contributed by atoms with Crippen LogP contribution in [-0.4, -0.2) is 17.8 Å². The van der Waals surface area contributed by atoms with Crippen LogP contribution in [0, 0.1) is 0 Å². The molecule has 0 aliphatic rings. The fourth-order valence-electron chi connectivity index (χ4n) is 0.963. The molecule has 1 aromatic heterocycles. The Balaban J connectivity index is 2.32. The lowest BCUT2D eigenvalue weighted by atomic mass is 10.4. The van der Waals surface area contributed by atoms with Crippen LogP contribution in [0.25, 0.3) is 0 Å². The molecule has 62 valence electrons. The number of hydrogen-bond acceptors (Lipinski definition) is 1. The molecule has 0 aliphatic carbocycles. The summed E-state index contributed by atoms with van der Waals surface area (Å²) in [5.41, 5.74) is 1.18. The highest BCUT2D eigenvalue weighted by molar-refractivity contribution is 5.05. The Bertz CT molecular complexity index is 208. The van der Waals surface area contributed by atoms with Crippen LogP contribution in [0.5, 0.6) is 0 Å². The standard InChI is InChI=1S/C8H13FN2/c1-11-6-2-3-8(11)7-10-5-4-9/h2-3,6,10H,4-5,7H2,1H3. The molecule has 0 unspecified atom stereocenters. The molecule has 0 fully saturated rings. The van der Waals surface area contributed by atoms with Crippen molar-refractivity contribution in [2.45, 2.75) is 6.54 Å². The third-order valence-electron chi connectivity index (χ3n) is 1.63. The number of rotatable bonds is 4. The molecular weight excluding hydrogens is 143 g/mol. The average molecular weight is 156 g/mol. The molecule has 0 saturated carbocycles. The minimum Gasteiger partial charge on any atom is -0.353 e. The van der Waals surface area contributed by atoms with Crippen LogP contribution in [0.2, 0.25) is 0 Å². The van der Waals surface area contributed by atoms with E-state index in [-0.39, 0.29) is 6.67 Å². The molecule has 3 heteroatoms. The number of nitrogens with zero attached hydrogens (tertiary/aromatic N) is 1. The van der Waals surface area contributed by atoms with Crippen LogP contribution in [0.15, 0.2) is 18.3 Å². The van der Waals surface area contributed by atoms with Crippen molar-refractivity contribution in [3.63, 3.8) is 0 Å². The summed E-state index contributed by atoms with van der Waals surface area (Å²) < 4.78 is 13.7. The minimum absolute atomic E-state index is 0.301. The maximum atomic E-state index is 11.7. The van der Waals surface area contributed by atoms with Gasteiger partial charge in [0.1, 0.15) is 6.67 Å². The average Bonchev–Trinajstić information content (AvgIpc) is 2.37. The number of hydrogen-bond donors (Lipinski definition) is 1. The second kappa shape index (κ2) is 4.13. The monoisotopic (exact) mass is 156 g/mol. The molecule has 0 amide bonds. The molecule has 0 saturated heterocycles. The lowest BCUT2D eigenvalue weighted by Gasteiger charge is -2.02. The Kier molecular flexibility index (Phi) is 3.11. The molecule has 1 N–H and O–H groups in total. The van der Waals surface area contributed by atoms with Crippen molar-refractivity contribution in [3.05, 3.63) is 24.0 Å². The lowest BCUT2D eigenvalue weighted by molar-refractivity contribution is 0.464. The van der Waals surface area contributed by atoms with Gasteiger partial charge in [-0.2, -0.15) is 0 Å². The van der Waals surface area contributed by atoms with Gasteiger partial charge in [0.25, 0.3) is 0 Å². The van der Waals surface area contributed by atoms with Gasteiger partial charge in [-0.15, -0.1) is 0 Å². The Morgan fingerprint density at radius 3 is 3.00 bits per heavy atom. The molecule has 0 aliphatic heterocycles. The van der Waals surface area contributed by atoms with E-state index in [4.69, 9.17) is 0 Å². The van der Waals surface area contributed by atoms with Crippen molar-refractivity contribution < 1.29 is 4.39 Å². The summed E-state index contributed by atoms with van der Waals surface area (Å²) in [7, 11) is 1.98. The van der Waals surface area contributed by atoms with Gasteiger partial charge in [-0.3, -0.25) is 0 Å². The molecule has 0 atom stereocenters. The van der Waals surface area contributed by atoms with E-state index in [1.165, 1.54) is 5.69 Å². The number of halogens is 1. The SMILES string of the molecule is Cn1cccc1CNCCF. The predicted octanol–water partition coefficient (Wildman–Crippen LogP) is 1.08. The number of aryl methyl sites for hydroxylation is 1. The molecule has 1 aromatic rings. The number of alkyl halides is 1. The molecule has 1 heterocycles. The largest absolute Gasteiger partial charge is 0.353 e. The van der Waals surface area contributed by atoms with E-state index in [1.807, 2.05) is 29.9 Å². The fraction of sp³-hybridized carbons (Fsp3) is 0.500. The Hall–Kier alpha value is -0.830. The van der Waals surface area contributed by atoms with Crippen molar-refractivity contribution in [1.29, 1.82) is 0 Å². The highest BCUT2D eigenvalue weighted by Gasteiger charge is 1.94. The van der Waals surface area contributed by atoms with Crippen LogP contribution in [0.1, 0.15) is 5.69 Å². The summed E-state index contributed by atoms with van der Waals surface area (Å²) in [5, 5.41) is 2.98. The Morgan fingerprint density at radius 2 is 2.45 bits per heavy atom. The van der Waals surface area contributed by atoms with Gasteiger partial charge >= 0.3 is 0 Å². The predicted molar refractivity (Wildman–Crippen MR) is 43.1 cm³/mol. The second-order valence-corrected chi connectivity index (χ2v) is 2.48. The van der Waals surface area contributed by atoms with E-state index < -0.39 is 0 Å². The number of aromatic nitrogens is 1. The first kappa shape index (κ1) is 8.27. The zero-order valence-corrected chi connectivity index (χ0v) is 6.68. The van der Waals surface area contributed by atoms with Crippen molar-refractivity contribution in [3.8, 4) is 0 Å². The third-order valence-corrected chi connectivity index (χ3v) is 1.63. The van der Waals surface area contributed by atoms with Crippen molar-refractivity contribution in [1.82, 2.24) is 9.88 Å². The normalized spacial score (nSPS) is 10.4. The number of nitrogens with one attached hydrogen (secondary N) is 1. The first-order chi connectivity index (χ1) is 5.34. The lowest BCUT2D eigenvalue weighted by Crippen LogP contribution is -2.17. The summed E-state index contributed by atoms with van der Waals surface area (Å²) in [4.78, 5) is 0. The fourth-order valence-corrected chi connectivity index (χ4v) is 0.963. The van der Waals surface area contributed by atoms with E-state index in [0.717, 1.165) is 6.54 Å². The summed E-state index contributed by atoms with van der Waals surface area (Å²) in [6, 6.07) is 4.00. The van der Waals surface area contributed by atoms with E-state index in [9.17, 15) is 4.39 Å².